The van der Waals surface area contributed by atoms with Crippen molar-refractivity contribution in [3.63, 3.8) is 0 Å². The van der Waals surface area contributed by atoms with Crippen LogP contribution in [0.1, 0.15) is 113 Å². The smallest absolute Gasteiger partial charge is 0.303 e. The molecule has 184 valence electrons. The quantitative estimate of drug-likeness (QED) is 0.490. The summed E-state index contributed by atoms with van der Waals surface area (Å²) in [5.41, 5.74) is -0.0436. The van der Waals surface area contributed by atoms with Crippen LogP contribution in [0.15, 0.2) is 0 Å². The molecule has 4 aliphatic rings. The van der Waals surface area contributed by atoms with Gasteiger partial charge in [0.25, 0.3) is 0 Å². The second kappa shape index (κ2) is 7.20. The number of aliphatic carboxylic acids is 1. The van der Waals surface area contributed by atoms with Gasteiger partial charge in [-0.1, -0.05) is 48.5 Å². The van der Waals surface area contributed by atoms with Crippen molar-refractivity contribution in [1.82, 2.24) is 0 Å². The molecule has 32 heavy (non-hydrogen) atoms. The van der Waals surface area contributed by atoms with E-state index in [1.807, 2.05) is 0 Å². The summed E-state index contributed by atoms with van der Waals surface area (Å²) in [5, 5.41) is 31.8. The Balaban J connectivity index is 1.77. The molecule has 0 aromatic carbocycles. The van der Waals surface area contributed by atoms with Crippen molar-refractivity contribution < 1.29 is 20.1 Å². The number of rotatable bonds is 4. The molecule has 0 aromatic heterocycles. The molecule has 0 radical (unpaired) electrons. The van der Waals surface area contributed by atoms with Gasteiger partial charge in [-0.05, 0) is 96.7 Å². The number of fused-ring (bicyclic) bond motifs is 5. The van der Waals surface area contributed by atoms with Gasteiger partial charge in [-0.15, -0.1) is 0 Å². The summed E-state index contributed by atoms with van der Waals surface area (Å²) in [4.78, 5) is 11.2. The van der Waals surface area contributed by atoms with Gasteiger partial charge in [0.15, 0.2) is 0 Å². The van der Waals surface area contributed by atoms with E-state index in [9.17, 15) is 20.1 Å². The summed E-state index contributed by atoms with van der Waals surface area (Å²) in [6, 6.07) is 0. The molecule has 4 nitrogen and oxygen atoms in total. The van der Waals surface area contributed by atoms with Crippen molar-refractivity contribution in [2.75, 3.05) is 0 Å². The topological polar surface area (TPSA) is 77.8 Å². The van der Waals surface area contributed by atoms with Gasteiger partial charge in [0.05, 0.1) is 12.2 Å². The molecule has 4 heteroatoms. The predicted molar refractivity (Wildman–Crippen MR) is 127 cm³/mol. The second-order valence-electron chi connectivity index (χ2n) is 13.8. The minimum Gasteiger partial charge on any atom is -0.481 e. The zero-order chi connectivity index (χ0) is 24.0. The number of hydrogen-bond acceptors (Lipinski definition) is 3. The molecule has 0 heterocycles. The molecule has 4 fully saturated rings. The Labute approximate surface area is 195 Å². The molecule has 0 aromatic rings. The monoisotopic (exact) mass is 448 g/mol. The minimum absolute atomic E-state index is 0.00000915. The predicted octanol–water partition coefficient (Wildman–Crippen LogP) is 6.04. The Morgan fingerprint density at radius 1 is 0.875 bits per heavy atom. The molecule has 10 atom stereocenters. The van der Waals surface area contributed by atoms with E-state index in [1.54, 1.807) is 0 Å². The van der Waals surface area contributed by atoms with Gasteiger partial charge >= 0.3 is 5.97 Å². The van der Waals surface area contributed by atoms with E-state index in [1.165, 1.54) is 0 Å². The van der Waals surface area contributed by atoms with Crippen LogP contribution >= 0.6 is 0 Å². The number of carboxylic acid groups (broad SMARTS) is 1. The summed E-state index contributed by atoms with van der Waals surface area (Å²) in [6.07, 6.45) is 8.37. The molecule has 0 bridgehead atoms. The van der Waals surface area contributed by atoms with Gasteiger partial charge in [-0.3, -0.25) is 4.79 Å². The highest BCUT2D eigenvalue weighted by Crippen LogP contribution is 2.83. The summed E-state index contributed by atoms with van der Waals surface area (Å²) >= 11 is 0. The lowest BCUT2D eigenvalue weighted by atomic mass is 9.26. The van der Waals surface area contributed by atoms with Crippen molar-refractivity contribution in [2.45, 2.75) is 125 Å². The van der Waals surface area contributed by atoms with E-state index in [0.29, 0.717) is 11.8 Å². The Morgan fingerprint density at radius 3 is 2.12 bits per heavy atom. The average Bonchev–Trinajstić information content (AvgIpc) is 2.98. The first-order chi connectivity index (χ1) is 14.6. The van der Waals surface area contributed by atoms with Gasteiger partial charge in [-0.2, -0.15) is 0 Å². The molecule has 4 saturated carbocycles. The van der Waals surface area contributed by atoms with Gasteiger partial charge in [0.1, 0.15) is 0 Å². The first kappa shape index (κ1) is 24.5. The fourth-order valence-corrected chi connectivity index (χ4v) is 10.7. The van der Waals surface area contributed by atoms with Gasteiger partial charge < -0.3 is 15.3 Å². The molecule has 3 N–H and O–H groups in total. The fourth-order valence-electron chi connectivity index (χ4n) is 10.7. The van der Waals surface area contributed by atoms with Crippen LogP contribution in [-0.2, 0) is 4.79 Å². The number of carboxylic acids is 1. The lowest BCUT2D eigenvalue weighted by Crippen LogP contribution is -2.74. The maximum Gasteiger partial charge on any atom is 0.303 e. The molecule has 0 spiro atoms. The highest BCUT2D eigenvalue weighted by Gasteiger charge is 2.79. The van der Waals surface area contributed by atoms with Crippen molar-refractivity contribution in [3.05, 3.63) is 0 Å². The maximum atomic E-state index is 12.0. The van der Waals surface area contributed by atoms with Crippen LogP contribution in [0.3, 0.4) is 0 Å². The first-order valence-electron chi connectivity index (χ1n) is 13.2. The summed E-state index contributed by atoms with van der Waals surface area (Å²) in [6.45, 7) is 16.9. The largest absolute Gasteiger partial charge is 0.481 e. The number of carbonyl (C=O) groups is 1. The van der Waals surface area contributed by atoms with Gasteiger partial charge in [-0.25, -0.2) is 0 Å². The van der Waals surface area contributed by atoms with Crippen molar-refractivity contribution in [2.24, 2.45) is 44.3 Å². The Morgan fingerprint density at radius 2 is 1.50 bits per heavy atom. The Kier molecular flexibility index (Phi) is 5.51. The van der Waals surface area contributed by atoms with Crippen LogP contribution in [0, 0.1) is 44.3 Å². The second-order valence-corrected chi connectivity index (χ2v) is 13.8. The lowest BCUT2D eigenvalue weighted by molar-refractivity contribution is -0.326. The van der Waals surface area contributed by atoms with Crippen LogP contribution < -0.4 is 0 Å². The van der Waals surface area contributed by atoms with Crippen molar-refractivity contribution in [1.29, 1.82) is 0 Å². The van der Waals surface area contributed by atoms with Crippen LogP contribution in [0.4, 0.5) is 0 Å². The summed E-state index contributed by atoms with van der Waals surface area (Å²) < 4.78 is 0. The zero-order valence-electron chi connectivity index (χ0n) is 21.6. The molecule has 4 rings (SSSR count). The van der Waals surface area contributed by atoms with E-state index in [4.69, 9.17) is 0 Å². The van der Waals surface area contributed by atoms with E-state index >= 15 is 0 Å². The normalized spacial score (nSPS) is 56.1. The third kappa shape index (κ3) is 2.66. The lowest BCUT2D eigenvalue weighted by Gasteiger charge is -2.78. The number of aliphatic hydroxyl groups excluding tert-OH is 2. The molecular weight excluding hydrogens is 400 g/mol. The highest BCUT2D eigenvalue weighted by atomic mass is 16.4. The molecule has 0 amide bonds. The van der Waals surface area contributed by atoms with Gasteiger partial charge in [0.2, 0.25) is 0 Å². The van der Waals surface area contributed by atoms with Crippen LogP contribution in [0.25, 0.3) is 0 Å². The average molecular weight is 449 g/mol. The van der Waals surface area contributed by atoms with E-state index in [2.05, 4.69) is 48.5 Å². The van der Waals surface area contributed by atoms with E-state index in [-0.39, 0.29) is 51.1 Å². The SMILES string of the molecule is C[C@H](CCC(=O)O)[C@H]1CC[C@@]2(C)[C@]3(C)[C@H](O)C[C@]4(C)C[C@H](O)CC[C@]4(C)[C@@]3(C)CC[C@]12C. The van der Waals surface area contributed by atoms with E-state index < -0.39 is 5.97 Å². The van der Waals surface area contributed by atoms with Crippen molar-refractivity contribution in [3.8, 4) is 0 Å². The standard InChI is InChI=1S/C28H48O4/c1-18(8-9-22(31)32)20-11-13-26(5)24(20,3)14-15-27(6)25(4)12-10-19(29)16-23(25,2)17-21(30)28(26,27)7/h18-21,29-30H,8-17H2,1-7H3,(H,31,32)/t18-,19-,20-,21-,23+,24-,25+,26-,27-,28+/m1/s1. The third-order valence-electron chi connectivity index (χ3n) is 13.5. The third-order valence-corrected chi connectivity index (χ3v) is 13.5. The molecule has 0 aliphatic heterocycles. The van der Waals surface area contributed by atoms with E-state index in [0.717, 1.165) is 57.8 Å². The van der Waals surface area contributed by atoms with Crippen LogP contribution in [0.2, 0.25) is 0 Å². The van der Waals surface area contributed by atoms with Crippen LogP contribution in [-0.4, -0.2) is 33.5 Å². The Hall–Kier alpha value is -0.610. The fraction of sp³-hybridized carbons (Fsp3) is 0.964. The molecule has 0 saturated heterocycles. The molecular formula is C28H48O4. The minimum atomic E-state index is -0.694. The summed E-state index contributed by atoms with van der Waals surface area (Å²) in [5.74, 6) is 0.201. The highest BCUT2D eigenvalue weighted by molar-refractivity contribution is 5.66. The molecule has 4 aliphatic carbocycles. The summed E-state index contributed by atoms with van der Waals surface area (Å²) in [7, 11) is 0. The maximum absolute atomic E-state index is 12.0. The van der Waals surface area contributed by atoms with Crippen molar-refractivity contribution >= 4 is 5.97 Å². The number of aliphatic hydroxyl groups is 2. The Bertz CT molecular complexity index is 781. The zero-order valence-corrected chi connectivity index (χ0v) is 21.6. The first-order valence-corrected chi connectivity index (χ1v) is 13.2. The molecule has 0 unspecified atom stereocenters. The van der Waals surface area contributed by atoms with Gasteiger partial charge in [0, 0.05) is 11.8 Å². The van der Waals surface area contributed by atoms with Crippen LogP contribution in [0.5, 0.6) is 0 Å². The number of hydrogen-bond donors (Lipinski definition) is 3.